The van der Waals surface area contributed by atoms with Crippen molar-refractivity contribution in [2.24, 2.45) is 0 Å². The quantitative estimate of drug-likeness (QED) is 0.453. The van der Waals surface area contributed by atoms with Crippen LogP contribution in [0.3, 0.4) is 0 Å². The van der Waals surface area contributed by atoms with Gasteiger partial charge in [0, 0.05) is 22.7 Å². The smallest absolute Gasteiger partial charge is 0.172 e. The Labute approximate surface area is 80.7 Å². The van der Waals surface area contributed by atoms with Crippen molar-refractivity contribution in [2.45, 2.75) is 6.42 Å². The van der Waals surface area contributed by atoms with Gasteiger partial charge in [0.05, 0.1) is 6.42 Å². The molecule has 0 saturated heterocycles. The van der Waals surface area contributed by atoms with Gasteiger partial charge in [-0.25, -0.2) is 0 Å². The topological polar surface area (TPSA) is 49.9 Å². The second-order valence-electron chi connectivity index (χ2n) is 3.04. The zero-order valence-electron chi connectivity index (χ0n) is 7.49. The van der Waals surface area contributed by atoms with Crippen LogP contribution in [0.4, 0.5) is 0 Å². The van der Waals surface area contributed by atoms with E-state index in [-0.39, 0.29) is 12.2 Å². The Morgan fingerprint density at radius 3 is 2.93 bits per heavy atom. The number of aromatic amines is 1. The number of carbonyl (C=O) groups excluding carboxylic acids is 2. The van der Waals surface area contributed by atoms with Gasteiger partial charge in [0.25, 0.3) is 0 Å². The van der Waals surface area contributed by atoms with Gasteiger partial charge in [-0.15, -0.1) is 0 Å². The summed E-state index contributed by atoms with van der Waals surface area (Å²) in [7, 11) is 0. The van der Waals surface area contributed by atoms with E-state index in [9.17, 15) is 9.59 Å². The number of para-hydroxylation sites is 1. The minimum Gasteiger partial charge on any atom is -0.360 e. The number of H-pyrrole nitrogens is 1. The lowest BCUT2D eigenvalue weighted by Crippen LogP contribution is -1.97. The number of fused-ring (bicyclic) bond motifs is 1. The van der Waals surface area contributed by atoms with E-state index < -0.39 is 0 Å². The lowest BCUT2D eigenvalue weighted by atomic mass is 10.1. The van der Waals surface area contributed by atoms with E-state index in [1.807, 2.05) is 24.3 Å². The Morgan fingerprint density at radius 2 is 2.14 bits per heavy atom. The summed E-state index contributed by atoms with van der Waals surface area (Å²) >= 11 is 0. The van der Waals surface area contributed by atoms with Crippen molar-refractivity contribution in [3.05, 3.63) is 36.0 Å². The minimum atomic E-state index is -0.141. The van der Waals surface area contributed by atoms with Crippen LogP contribution in [0.1, 0.15) is 16.8 Å². The molecule has 0 radical (unpaired) electrons. The standard InChI is InChI=1S/C11H9NO2/c13-6-5-11(14)9-7-12-10-4-2-1-3-8(9)10/h1-4,6-7,12H,5H2. The molecule has 0 saturated carbocycles. The van der Waals surface area contributed by atoms with Gasteiger partial charge >= 0.3 is 0 Å². The highest BCUT2D eigenvalue weighted by Gasteiger charge is 2.10. The molecule has 0 aliphatic heterocycles. The number of rotatable bonds is 3. The predicted octanol–water partition coefficient (Wildman–Crippen LogP) is 1.94. The first-order valence-electron chi connectivity index (χ1n) is 4.36. The molecular weight excluding hydrogens is 178 g/mol. The number of aldehydes is 1. The predicted molar refractivity (Wildman–Crippen MR) is 53.3 cm³/mol. The highest BCUT2D eigenvalue weighted by atomic mass is 16.1. The SMILES string of the molecule is O=CCC(=O)c1c[nH]c2ccccc12. The van der Waals surface area contributed by atoms with E-state index >= 15 is 0 Å². The lowest BCUT2D eigenvalue weighted by molar-refractivity contribution is -0.107. The molecule has 2 aromatic rings. The largest absolute Gasteiger partial charge is 0.360 e. The average Bonchev–Trinajstić information content (AvgIpc) is 2.61. The van der Waals surface area contributed by atoms with Crippen LogP contribution >= 0.6 is 0 Å². The summed E-state index contributed by atoms with van der Waals surface area (Å²) in [6, 6.07) is 7.53. The monoisotopic (exact) mass is 187 g/mol. The van der Waals surface area contributed by atoms with Gasteiger partial charge in [0.15, 0.2) is 5.78 Å². The molecule has 14 heavy (non-hydrogen) atoms. The molecule has 0 amide bonds. The number of carbonyl (C=O) groups is 2. The molecule has 2 rings (SSSR count). The Balaban J connectivity index is 2.52. The van der Waals surface area contributed by atoms with E-state index in [2.05, 4.69) is 4.98 Å². The van der Waals surface area contributed by atoms with Crippen LogP contribution < -0.4 is 0 Å². The lowest BCUT2D eigenvalue weighted by Gasteiger charge is -1.93. The Bertz CT molecular complexity index is 485. The third kappa shape index (κ3) is 1.33. The van der Waals surface area contributed by atoms with E-state index in [4.69, 9.17) is 0 Å². The molecule has 0 unspecified atom stereocenters. The zero-order valence-corrected chi connectivity index (χ0v) is 7.49. The molecule has 1 aromatic heterocycles. The van der Waals surface area contributed by atoms with Crippen LogP contribution in [0.5, 0.6) is 0 Å². The van der Waals surface area contributed by atoms with Crippen molar-refractivity contribution in [1.82, 2.24) is 4.98 Å². The summed E-state index contributed by atoms with van der Waals surface area (Å²) in [5, 5.41) is 0.874. The third-order valence-electron chi connectivity index (χ3n) is 2.16. The fraction of sp³-hybridized carbons (Fsp3) is 0.0909. The molecule has 0 spiro atoms. The van der Waals surface area contributed by atoms with Crippen molar-refractivity contribution in [1.29, 1.82) is 0 Å². The Kier molecular flexibility index (Phi) is 2.14. The van der Waals surface area contributed by atoms with Crippen molar-refractivity contribution < 1.29 is 9.59 Å². The first-order valence-corrected chi connectivity index (χ1v) is 4.36. The van der Waals surface area contributed by atoms with E-state index in [0.29, 0.717) is 11.8 Å². The summed E-state index contributed by atoms with van der Waals surface area (Å²) in [5.74, 6) is -0.141. The van der Waals surface area contributed by atoms with E-state index in [0.717, 1.165) is 10.9 Å². The minimum absolute atomic E-state index is 0.0537. The second kappa shape index (κ2) is 3.46. The second-order valence-corrected chi connectivity index (χ2v) is 3.04. The number of ketones is 1. The number of Topliss-reactive ketones (excluding diaryl/α,β-unsaturated/α-hetero) is 1. The summed E-state index contributed by atoms with van der Waals surface area (Å²) in [6.45, 7) is 0. The van der Waals surface area contributed by atoms with Crippen LogP contribution in [0.15, 0.2) is 30.5 Å². The van der Waals surface area contributed by atoms with Crippen LogP contribution in [0, 0.1) is 0 Å². The summed E-state index contributed by atoms with van der Waals surface area (Å²) in [6.07, 6.45) is 2.22. The number of aromatic nitrogens is 1. The molecule has 1 N–H and O–H groups in total. The first kappa shape index (κ1) is 8.69. The van der Waals surface area contributed by atoms with Gasteiger partial charge in [-0.1, -0.05) is 18.2 Å². The van der Waals surface area contributed by atoms with Crippen LogP contribution in [-0.2, 0) is 4.79 Å². The maximum absolute atomic E-state index is 11.5. The number of nitrogens with one attached hydrogen (secondary N) is 1. The maximum Gasteiger partial charge on any atom is 0.172 e. The molecule has 0 aliphatic rings. The Morgan fingerprint density at radius 1 is 1.36 bits per heavy atom. The van der Waals surface area contributed by atoms with Gasteiger partial charge in [-0.2, -0.15) is 0 Å². The number of benzene rings is 1. The van der Waals surface area contributed by atoms with Crippen LogP contribution in [0.25, 0.3) is 10.9 Å². The molecule has 3 nitrogen and oxygen atoms in total. The summed E-state index contributed by atoms with van der Waals surface area (Å²) < 4.78 is 0. The van der Waals surface area contributed by atoms with Crippen LogP contribution in [-0.4, -0.2) is 17.1 Å². The number of hydrogen-bond donors (Lipinski definition) is 1. The summed E-state index contributed by atoms with van der Waals surface area (Å²) in [5.41, 5.74) is 1.51. The fourth-order valence-electron chi connectivity index (χ4n) is 1.49. The van der Waals surface area contributed by atoms with Gasteiger partial charge in [0.2, 0.25) is 0 Å². The maximum atomic E-state index is 11.5. The fourth-order valence-corrected chi connectivity index (χ4v) is 1.49. The third-order valence-corrected chi connectivity index (χ3v) is 2.16. The molecule has 3 heteroatoms. The normalized spacial score (nSPS) is 10.3. The number of hydrogen-bond acceptors (Lipinski definition) is 2. The van der Waals surface area contributed by atoms with Crippen molar-refractivity contribution in [3.8, 4) is 0 Å². The first-order chi connectivity index (χ1) is 6.83. The highest BCUT2D eigenvalue weighted by molar-refractivity contribution is 6.11. The molecule has 0 atom stereocenters. The van der Waals surface area contributed by atoms with Crippen molar-refractivity contribution in [2.75, 3.05) is 0 Å². The zero-order chi connectivity index (χ0) is 9.97. The summed E-state index contributed by atoms with van der Waals surface area (Å²) in [4.78, 5) is 24.7. The Hall–Kier alpha value is -1.90. The van der Waals surface area contributed by atoms with Gasteiger partial charge in [-0.05, 0) is 6.07 Å². The van der Waals surface area contributed by atoms with Gasteiger partial charge in [0.1, 0.15) is 6.29 Å². The highest BCUT2D eigenvalue weighted by Crippen LogP contribution is 2.18. The van der Waals surface area contributed by atoms with E-state index in [1.165, 1.54) is 0 Å². The van der Waals surface area contributed by atoms with E-state index in [1.54, 1.807) is 6.20 Å². The molecule has 0 fully saturated rings. The molecule has 70 valence electrons. The van der Waals surface area contributed by atoms with Crippen LogP contribution in [0.2, 0.25) is 0 Å². The molecule has 1 heterocycles. The van der Waals surface area contributed by atoms with Crippen molar-refractivity contribution >= 4 is 23.0 Å². The molecule has 1 aromatic carbocycles. The van der Waals surface area contributed by atoms with Gasteiger partial charge in [-0.3, -0.25) is 4.79 Å². The molecular formula is C11H9NO2. The average molecular weight is 187 g/mol. The van der Waals surface area contributed by atoms with Crippen molar-refractivity contribution in [3.63, 3.8) is 0 Å². The molecule has 0 aliphatic carbocycles. The molecule has 0 bridgehead atoms. The van der Waals surface area contributed by atoms with Gasteiger partial charge < -0.3 is 9.78 Å².